The Labute approximate surface area is 164 Å². The number of carboxylic acids is 1. The molecule has 3 N–H and O–H groups in total. The highest BCUT2D eigenvalue weighted by atomic mass is 16.4. The molecule has 0 radical (unpaired) electrons. The molecule has 0 fully saturated rings. The summed E-state index contributed by atoms with van der Waals surface area (Å²) in [5.41, 5.74) is 7.98. The number of rotatable bonds is 4. The van der Waals surface area contributed by atoms with Crippen molar-refractivity contribution in [1.29, 1.82) is 0 Å². The van der Waals surface area contributed by atoms with Crippen molar-refractivity contribution in [3.05, 3.63) is 51.8 Å². The number of amides is 1. The molecule has 5 nitrogen and oxygen atoms in total. The molecule has 4 rings (SSSR count). The number of H-pyrrole nitrogens is 1. The van der Waals surface area contributed by atoms with Gasteiger partial charge >= 0.3 is 5.97 Å². The zero-order valence-corrected chi connectivity index (χ0v) is 16.6. The third-order valence-corrected chi connectivity index (χ3v) is 6.13. The van der Waals surface area contributed by atoms with E-state index in [1.165, 1.54) is 24.1 Å². The summed E-state index contributed by atoms with van der Waals surface area (Å²) in [6, 6.07) is 5.97. The van der Waals surface area contributed by atoms with Gasteiger partial charge in [0.05, 0.1) is 5.57 Å². The normalized spacial score (nSPS) is 18.7. The third kappa shape index (κ3) is 3.15. The maximum atomic E-state index is 12.6. The predicted molar refractivity (Wildman–Crippen MR) is 110 cm³/mol. The first-order valence-electron chi connectivity index (χ1n) is 9.86. The quantitative estimate of drug-likeness (QED) is 0.688. The molecule has 0 spiro atoms. The second kappa shape index (κ2) is 6.66. The lowest BCUT2D eigenvalue weighted by atomic mass is 9.75. The number of anilines is 1. The molecule has 28 heavy (non-hydrogen) atoms. The molecule has 1 aromatic carbocycles. The van der Waals surface area contributed by atoms with Crippen LogP contribution in [0, 0.1) is 6.92 Å². The van der Waals surface area contributed by atoms with E-state index in [4.69, 9.17) is 5.11 Å². The minimum atomic E-state index is -0.815. The Hall–Kier alpha value is -2.82. The molecule has 0 saturated carbocycles. The van der Waals surface area contributed by atoms with Gasteiger partial charge < -0.3 is 15.4 Å². The third-order valence-electron chi connectivity index (χ3n) is 6.13. The molecular weight excluding hydrogens is 352 g/mol. The monoisotopic (exact) mass is 378 g/mol. The van der Waals surface area contributed by atoms with Crippen LogP contribution in [-0.2, 0) is 27.8 Å². The smallest absolute Gasteiger partial charge is 0.303 e. The van der Waals surface area contributed by atoms with Crippen LogP contribution in [0.3, 0.4) is 0 Å². The van der Waals surface area contributed by atoms with Crippen molar-refractivity contribution in [2.45, 2.75) is 58.3 Å². The van der Waals surface area contributed by atoms with E-state index in [9.17, 15) is 9.59 Å². The van der Waals surface area contributed by atoms with Crippen LogP contribution in [0.1, 0.15) is 66.8 Å². The first kappa shape index (κ1) is 18.5. The van der Waals surface area contributed by atoms with Gasteiger partial charge in [-0.3, -0.25) is 9.59 Å². The number of hydrogen-bond acceptors (Lipinski definition) is 2. The van der Waals surface area contributed by atoms with Gasteiger partial charge in [-0.25, -0.2) is 0 Å². The fourth-order valence-electron chi connectivity index (χ4n) is 4.56. The number of fused-ring (bicyclic) bond motifs is 2. The zero-order chi connectivity index (χ0) is 20.1. The summed E-state index contributed by atoms with van der Waals surface area (Å²) in [4.78, 5) is 27.1. The molecule has 0 saturated heterocycles. The van der Waals surface area contributed by atoms with Crippen LogP contribution in [0.25, 0.3) is 11.6 Å². The molecule has 0 unspecified atom stereocenters. The van der Waals surface area contributed by atoms with E-state index in [1.807, 2.05) is 25.1 Å². The van der Waals surface area contributed by atoms with Crippen LogP contribution >= 0.6 is 0 Å². The molecule has 0 bridgehead atoms. The molecule has 2 aliphatic rings. The first-order chi connectivity index (χ1) is 13.3. The number of carbonyl (C=O) groups excluding carboxylic acids is 1. The molecule has 1 aliphatic heterocycles. The van der Waals surface area contributed by atoms with Gasteiger partial charge in [-0.1, -0.05) is 19.9 Å². The summed E-state index contributed by atoms with van der Waals surface area (Å²) in [5, 5.41) is 11.9. The van der Waals surface area contributed by atoms with Gasteiger partial charge in [0.1, 0.15) is 0 Å². The van der Waals surface area contributed by atoms with E-state index < -0.39 is 5.97 Å². The van der Waals surface area contributed by atoms with Crippen LogP contribution < -0.4 is 5.32 Å². The maximum Gasteiger partial charge on any atom is 0.303 e. The Morgan fingerprint density at radius 1 is 1.32 bits per heavy atom. The van der Waals surface area contributed by atoms with Crippen molar-refractivity contribution in [3.63, 3.8) is 0 Å². The molecule has 2 aromatic rings. The van der Waals surface area contributed by atoms with Gasteiger partial charge in [-0.05, 0) is 72.9 Å². The average molecular weight is 378 g/mol. The van der Waals surface area contributed by atoms with Gasteiger partial charge in [0.15, 0.2) is 0 Å². The van der Waals surface area contributed by atoms with Crippen LogP contribution in [0.4, 0.5) is 5.69 Å². The topological polar surface area (TPSA) is 82.2 Å². The minimum Gasteiger partial charge on any atom is -0.481 e. The fourth-order valence-corrected chi connectivity index (χ4v) is 4.56. The van der Waals surface area contributed by atoms with E-state index in [2.05, 4.69) is 30.2 Å². The van der Waals surface area contributed by atoms with Crippen molar-refractivity contribution in [2.75, 3.05) is 5.32 Å². The lowest BCUT2D eigenvalue weighted by Gasteiger charge is -2.29. The van der Waals surface area contributed by atoms with E-state index in [0.717, 1.165) is 34.5 Å². The van der Waals surface area contributed by atoms with Gasteiger partial charge in [0.25, 0.3) is 5.91 Å². The van der Waals surface area contributed by atoms with E-state index in [-0.39, 0.29) is 17.7 Å². The van der Waals surface area contributed by atoms with Crippen LogP contribution in [0.2, 0.25) is 0 Å². The molecule has 5 heteroatoms. The predicted octanol–water partition coefficient (Wildman–Crippen LogP) is 4.45. The Morgan fingerprint density at radius 3 is 2.82 bits per heavy atom. The number of aromatic nitrogens is 1. The molecule has 1 aliphatic carbocycles. The SMILES string of the molecule is Cc1c(CCC(=O)O)ccc2c1C(=Cc1cc3c([nH]1)CCCC3(C)C)C(=O)N2. The van der Waals surface area contributed by atoms with Crippen molar-refractivity contribution < 1.29 is 14.7 Å². The molecule has 2 heterocycles. The fraction of sp³-hybridized carbons (Fsp3) is 0.391. The average Bonchev–Trinajstić information content (AvgIpc) is 3.17. The van der Waals surface area contributed by atoms with E-state index in [0.29, 0.717) is 12.0 Å². The lowest BCUT2D eigenvalue weighted by Crippen LogP contribution is -2.22. The Morgan fingerprint density at radius 2 is 2.11 bits per heavy atom. The molecule has 0 atom stereocenters. The highest BCUT2D eigenvalue weighted by Crippen LogP contribution is 2.40. The second-order valence-corrected chi connectivity index (χ2v) is 8.53. The standard InChI is InChI=1S/C23H26N2O3/c1-13-14(7-9-20(26)27)6-8-19-21(13)16(22(28)25-19)11-15-12-17-18(24-15)5-4-10-23(17,2)3/h6,8,11-12,24H,4-5,7,9-10H2,1-3H3,(H,25,28)(H,26,27). The summed E-state index contributed by atoms with van der Waals surface area (Å²) in [6.07, 6.45) is 5.86. The maximum absolute atomic E-state index is 12.6. The number of aliphatic carboxylic acids is 1. The molecule has 1 aromatic heterocycles. The highest BCUT2D eigenvalue weighted by molar-refractivity contribution is 6.35. The van der Waals surface area contributed by atoms with Crippen LogP contribution in [0.15, 0.2) is 18.2 Å². The Balaban J connectivity index is 1.75. The van der Waals surface area contributed by atoms with Crippen molar-refractivity contribution >= 4 is 29.2 Å². The van der Waals surface area contributed by atoms with Crippen molar-refractivity contribution in [3.8, 4) is 0 Å². The van der Waals surface area contributed by atoms with Crippen molar-refractivity contribution in [2.24, 2.45) is 0 Å². The summed E-state index contributed by atoms with van der Waals surface area (Å²) < 4.78 is 0. The molecule has 1 amide bonds. The summed E-state index contributed by atoms with van der Waals surface area (Å²) in [7, 11) is 0. The summed E-state index contributed by atoms with van der Waals surface area (Å²) in [5.74, 6) is -0.926. The van der Waals surface area contributed by atoms with Gasteiger partial charge in [-0.2, -0.15) is 0 Å². The molecular formula is C23H26N2O3. The minimum absolute atomic E-state index is 0.0818. The number of nitrogens with one attached hydrogen (secondary N) is 2. The largest absolute Gasteiger partial charge is 0.481 e. The first-order valence-corrected chi connectivity index (χ1v) is 9.86. The van der Waals surface area contributed by atoms with Gasteiger partial charge in [0, 0.05) is 29.1 Å². The van der Waals surface area contributed by atoms with Crippen LogP contribution in [0.5, 0.6) is 0 Å². The molecule has 146 valence electrons. The number of carbonyl (C=O) groups is 2. The lowest BCUT2D eigenvalue weighted by molar-refractivity contribution is -0.137. The second-order valence-electron chi connectivity index (χ2n) is 8.53. The zero-order valence-electron chi connectivity index (χ0n) is 16.6. The van der Waals surface area contributed by atoms with Gasteiger partial charge in [-0.15, -0.1) is 0 Å². The number of benzene rings is 1. The van der Waals surface area contributed by atoms with E-state index >= 15 is 0 Å². The Bertz CT molecular complexity index is 1010. The number of aromatic amines is 1. The van der Waals surface area contributed by atoms with Crippen LogP contribution in [-0.4, -0.2) is 22.0 Å². The number of hydrogen-bond donors (Lipinski definition) is 3. The van der Waals surface area contributed by atoms with E-state index in [1.54, 1.807) is 0 Å². The summed E-state index contributed by atoms with van der Waals surface area (Å²) >= 11 is 0. The van der Waals surface area contributed by atoms with Gasteiger partial charge in [0.2, 0.25) is 0 Å². The Kier molecular flexibility index (Phi) is 4.41. The number of aryl methyl sites for hydroxylation is 2. The summed E-state index contributed by atoms with van der Waals surface area (Å²) in [6.45, 7) is 6.51. The number of carboxylic acid groups (broad SMARTS) is 1. The van der Waals surface area contributed by atoms with Crippen molar-refractivity contribution in [1.82, 2.24) is 4.98 Å². The highest BCUT2D eigenvalue weighted by Gasteiger charge is 2.30.